The number of unbranched alkanes of at least 4 members (excludes halogenated alkanes) is 38. The van der Waals surface area contributed by atoms with Crippen molar-refractivity contribution in [1.29, 1.82) is 0 Å². The van der Waals surface area contributed by atoms with Crippen LogP contribution in [0.15, 0.2) is 36.5 Å². The van der Waals surface area contributed by atoms with Gasteiger partial charge in [0.2, 0.25) is 5.91 Å². The van der Waals surface area contributed by atoms with E-state index in [0.717, 1.165) is 38.5 Å². The number of amides is 1. The molecule has 5 heteroatoms. The molecule has 0 heterocycles. The van der Waals surface area contributed by atoms with Crippen LogP contribution < -0.4 is 5.32 Å². The van der Waals surface area contributed by atoms with Crippen LogP contribution in [0, 0.1) is 0 Å². The van der Waals surface area contributed by atoms with Crippen LogP contribution in [0.2, 0.25) is 0 Å². The van der Waals surface area contributed by atoms with Crippen molar-refractivity contribution in [2.75, 3.05) is 6.61 Å². The van der Waals surface area contributed by atoms with Crippen molar-refractivity contribution < 1.29 is 20.1 Å². The molecular weight excluding hydrogens is 751 g/mol. The number of nitrogens with one attached hydrogen (secondary N) is 1. The van der Waals surface area contributed by atoms with Gasteiger partial charge in [-0.15, -0.1) is 0 Å². The summed E-state index contributed by atoms with van der Waals surface area (Å²) in [5, 5.41) is 33.3. The Morgan fingerprint density at radius 1 is 0.393 bits per heavy atom. The van der Waals surface area contributed by atoms with Gasteiger partial charge in [0.1, 0.15) is 6.10 Å². The van der Waals surface area contributed by atoms with Gasteiger partial charge in [-0.25, -0.2) is 0 Å². The average Bonchev–Trinajstić information content (AvgIpc) is 3.26. The Hall–Kier alpha value is -1.43. The van der Waals surface area contributed by atoms with Crippen molar-refractivity contribution >= 4 is 5.91 Å². The van der Waals surface area contributed by atoms with Crippen molar-refractivity contribution in [2.24, 2.45) is 0 Å². The van der Waals surface area contributed by atoms with Crippen LogP contribution in [-0.4, -0.2) is 46.1 Å². The molecule has 0 aromatic carbocycles. The second-order valence-corrected chi connectivity index (χ2v) is 18.8. The van der Waals surface area contributed by atoms with Crippen LogP contribution in [0.5, 0.6) is 0 Å². The van der Waals surface area contributed by atoms with Crippen molar-refractivity contribution in [1.82, 2.24) is 5.32 Å². The fraction of sp³-hybridized carbons (Fsp3) is 0.875. The summed E-state index contributed by atoms with van der Waals surface area (Å²) < 4.78 is 0. The minimum Gasteiger partial charge on any atom is -0.394 e. The predicted molar refractivity (Wildman–Crippen MR) is 268 cm³/mol. The molecule has 0 aliphatic rings. The van der Waals surface area contributed by atoms with Gasteiger partial charge >= 0.3 is 0 Å². The molecule has 5 nitrogen and oxygen atoms in total. The van der Waals surface area contributed by atoms with Crippen LogP contribution in [0.4, 0.5) is 0 Å². The van der Waals surface area contributed by atoms with E-state index in [1.807, 2.05) is 6.08 Å². The monoisotopic (exact) mass is 858 g/mol. The van der Waals surface area contributed by atoms with E-state index in [0.29, 0.717) is 6.42 Å². The largest absolute Gasteiger partial charge is 0.394 e. The molecule has 0 rings (SSSR count). The SMILES string of the molecule is CCCCCCCCCCCCCC/C=C\CCCCCCCCCCCCCC(O)C(=O)NC(CO)C(O)/C=C/CC/C=C/CCCCCCCCCCCCCCCC. The number of aliphatic hydroxyl groups is 3. The average molecular weight is 858 g/mol. The molecule has 3 unspecified atom stereocenters. The van der Waals surface area contributed by atoms with Crippen molar-refractivity contribution in [3.05, 3.63) is 36.5 Å². The molecule has 0 aliphatic heterocycles. The number of carbonyl (C=O) groups is 1. The first-order valence-corrected chi connectivity index (χ1v) is 27.3. The van der Waals surface area contributed by atoms with Gasteiger partial charge in [0.05, 0.1) is 18.8 Å². The lowest BCUT2D eigenvalue weighted by Gasteiger charge is -2.21. The van der Waals surface area contributed by atoms with Gasteiger partial charge in [-0.05, 0) is 57.8 Å². The summed E-state index contributed by atoms with van der Waals surface area (Å²) >= 11 is 0. The van der Waals surface area contributed by atoms with Crippen LogP contribution in [0.3, 0.4) is 0 Å². The summed E-state index contributed by atoms with van der Waals surface area (Å²) in [5.41, 5.74) is 0. The molecule has 0 saturated carbocycles. The van der Waals surface area contributed by atoms with Crippen LogP contribution in [-0.2, 0) is 4.79 Å². The van der Waals surface area contributed by atoms with Gasteiger partial charge < -0.3 is 20.6 Å². The van der Waals surface area contributed by atoms with Gasteiger partial charge in [0.15, 0.2) is 0 Å². The first-order chi connectivity index (χ1) is 30.1. The number of rotatable bonds is 50. The smallest absolute Gasteiger partial charge is 0.249 e. The second kappa shape index (κ2) is 51.2. The Bertz CT molecular complexity index is 947. The van der Waals surface area contributed by atoms with E-state index in [1.165, 1.54) is 231 Å². The summed E-state index contributed by atoms with van der Waals surface area (Å²) in [6, 6.07) is -0.815. The first-order valence-electron chi connectivity index (χ1n) is 27.3. The van der Waals surface area contributed by atoms with Crippen molar-refractivity contribution in [2.45, 2.75) is 308 Å². The molecule has 1 amide bonds. The summed E-state index contributed by atoms with van der Waals surface area (Å²) in [6.07, 6.45) is 66.5. The highest BCUT2D eigenvalue weighted by molar-refractivity contribution is 5.80. The highest BCUT2D eigenvalue weighted by Crippen LogP contribution is 2.17. The molecule has 0 bridgehead atoms. The molecule has 61 heavy (non-hydrogen) atoms. The highest BCUT2D eigenvalue weighted by atomic mass is 16.3. The van der Waals surface area contributed by atoms with Crippen molar-refractivity contribution in [3.63, 3.8) is 0 Å². The molecule has 0 saturated heterocycles. The van der Waals surface area contributed by atoms with Gasteiger partial charge in [0, 0.05) is 0 Å². The lowest BCUT2D eigenvalue weighted by molar-refractivity contribution is -0.131. The van der Waals surface area contributed by atoms with Gasteiger partial charge in [-0.1, -0.05) is 269 Å². The zero-order valence-corrected chi connectivity index (χ0v) is 41.1. The molecule has 0 spiro atoms. The van der Waals surface area contributed by atoms with E-state index in [4.69, 9.17) is 0 Å². The Kier molecular flexibility index (Phi) is 50.0. The normalized spacial score (nSPS) is 13.6. The first kappa shape index (κ1) is 59.6. The Morgan fingerprint density at radius 2 is 0.672 bits per heavy atom. The predicted octanol–water partition coefficient (Wildman–Crippen LogP) is 16.7. The third kappa shape index (κ3) is 46.4. The molecular formula is C56H107NO4. The topological polar surface area (TPSA) is 89.8 Å². The molecule has 4 N–H and O–H groups in total. The number of allylic oxidation sites excluding steroid dienone is 5. The fourth-order valence-electron chi connectivity index (χ4n) is 8.43. The summed E-state index contributed by atoms with van der Waals surface area (Å²) in [6.45, 7) is 4.20. The maximum atomic E-state index is 12.5. The Labute approximate surface area is 381 Å². The van der Waals surface area contributed by atoms with E-state index in [9.17, 15) is 20.1 Å². The molecule has 0 aromatic rings. The molecule has 0 fully saturated rings. The Balaban J connectivity index is 3.61. The van der Waals surface area contributed by atoms with Gasteiger partial charge in [0.25, 0.3) is 0 Å². The Morgan fingerprint density at radius 3 is 1.00 bits per heavy atom. The van der Waals surface area contributed by atoms with Crippen LogP contribution in [0.25, 0.3) is 0 Å². The molecule has 3 atom stereocenters. The summed E-state index contributed by atoms with van der Waals surface area (Å²) in [5.74, 6) is -0.510. The number of carbonyl (C=O) groups excluding carboxylic acids is 1. The van der Waals surface area contributed by atoms with Crippen molar-refractivity contribution in [3.8, 4) is 0 Å². The van der Waals surface area contributed by atoms with Crippen LogP contribution >= 0.6 is 0 Å². The quantitative estimate of drug-likeness (QED) is 0.0362. The summed E-state index contributed by atoms with van der Waals surface area (Å²) in [7, 11) is 0. The minimum atomic E-state index is -1.11. The molecule has 360 valence electrons. The van der Waals surface area contributed by atoms with Gasteiger partial charge in [-0.3, -0.25) is 4.79 Å². The van der Waals surface area contributed by atoms with E-state index < -0.39 is 24.2 Å². The number of hydrogen-bond donors (Lipinski definition) is 4. The zero-order valence-electron chi connectivity index (χ0n) is 41.1. The molecule has 0 aromatic heterocycles. The zero-order chi connectivity index (χ0) is 44.4. The van der Waals surface area contributed by atoms with E-state index in [2.05, 4.69) is 43.5 Å². The maximum absolute atomic E-state index is 12.5. The lowest BCUT2D eigenvalue weighted by Crippen LogP contribution is -2.48. The lowest BCUT2D eigenvalue weighted by atomic mass is 10.0. The molecule has 0 aliphatic carbocycles. The van der Waals surface area contributed by atoms with Gasteiger partial charge in [-0.2, -0.15) is 0 Å². The third-order valence-corrected chi connectivity index (χ3v) is 12.7. The standard InChI is InChI=1S/C56H107NO4/c1-3-5-7-9-11-13-15-17-19-21-23-25-26-27-28-29-30-31-33-35-37-39-41-43-45-47-49-51-55(60)56(61)57-53(52-58)54(59)50-48-46-44-42-40-38-36-34-32-24-22-20-18-16-14-12-10-8-6-4-2/h27-28,40,42,48,50,53-55,58-60H,3-26,29-39,41,43-47,49,51-52H2,1-2H3,(H,57,61)/b28-27-,42-40+,50-48+. The van der Waals surface area contributed by atoms with E-state index >= 15 is 0 Å². The van der Waals surface area contributed by atoms with E-state index in [1.54, 1.807) is 6.08 Å². The maximum Gasteiger partial charge on any atom is 0.249 e. The third-order valence-electron chi connectivity index (χ3n) is 12.7. The number of aliphatic hydroxyl groups excluding tert-OH is 3. The van der Waals surface area contributed by atoms with Crippen LogP contribution in [0.1, 0.15) is 290 Å². The molecule has 0 radical (unpaired) electrons. The second-order valence-electron chi connectivity index (χ2n) is 18.8. The number of hydrogen-bond acceptors (Lipinski definition) is 4. The summed E-state index contributed by atoms with van der Waals surface area (Å²) in [4.78, 5) is 12.5. The highest BCUT2D eigenvalue weighted by Gasteiger charge is 2.22. The van der Waals surface area contributed by atoms with E-state index in [-0.39, 0.29) is 6.61 Å². The minimum absolute atomic E-state index is 0.375. The fourth-order valence-corrected chi connectivity index (χ4v) is 8.43.